The van der Waals surface area contributed by atoms with Gasteiger partial charge < -0.3 is 0 Å². The molecule has 0 unspecified atom stereocenters. The zero-order valence-corrected chi connectivity index (χ0v) is 12.2. The molecular formula is C16H22FNS. The van der Waals surface area contributed by atoms with E-state index >= 15 is 0 Å². The van der Waals surface area contributed by atoms with Gasteiger partial charge >= 0.3 is 0 Å². The fourth-order valence-electron chi connectivity index (χ4n) is 3.29. The minimum atomic E-state index is -0.127. The molecule has 1 atom stereocenters. The highest BCUT2D eigenvalue weighted by molar-refractivity contribution is 7.99. The third kappa shape index (κ3) is 3.51. The van der Waals surface area contributed by atoms with Crippen molar-refractivity contribution in [1.82, 2.24) is 4.90 Å². The number of nitrogens with zero attached hydrogens (tertiary/aromatic N) is 1. The Balaban J connectivity index is 1.48. The second-order valence-electron chi connectivity index (χ2n) is 5.83. The van der Waals surface area contributed by atoms with Crippen molar-refractivity contribution in [3.05, 3.63) is 35.6 Å². The molecule has 0 saturated carbocycles. The summed E-state index contributed by atoms with van der Waals surface area (Å²) in [6.45, 7) is 2.52. The maximum Gasteiger partial charge on any atom is 0.123 e. The number of likely N-dealkylation sites (tertiary alicyclic amines) is 1. The van der Waals surface area contributed by atoms with Crippen LogP contribution >= 0.6 is 11.8 Å². The Hall–Kier alpha value is -0.540. The smallest absolute Gasteiger partial charge is 0.123 e. The minimum Gasteiger partial charge on any atom is -0.300 e. The van der Waals surface area contributed by atoms with Crippen LogP contribution in [0.2, 0.25) is 0 Å². The second-order valence-corrected chi connectivity index (χ2v) is 6.98. The topological polar surface area (TPSA) is 3.24 Å². The van der Waals surface area contributed by atoms with Crippen LogP contribution in [0.5, 0.6) is 0 Å². The van der Waals surface area contributed by atoms with E-state index in [2.05, 4.69) is 16.7 Å². The Morgan fingerprint density at radius 3 is 2.47 bits per heavy atom. The fourth-order valence-corrected chi connectivity index (χ4v) is 4.54. The first-order valence-corrected chi connectivity index (χ1v) is 8.53. The monoisotopic (exact) mass is 279 g/mol. The summed E-state index contributed by atoms with van der Waals surface area (Å²) in [4.78, 5) is 2.70. The first-order chi connectivity index (χ1) is 9.31. The lowest BCUT2D eigenvalue weighted by Crippen LogP contribution is -2.41. The molecule has 0 spiro atoms. The largest absolute Gasteiger partial charge is 0.300 e. The molecule has 19 heavy (non-hydrogen) atoms. The highest BCUT2D eigenvalue weighted by atomic mass is 32.2. The van der Waals surface area contributed by atoms with Crippen LogP contribution in [0.1, 0.15) is 24.8 Å². The molecule has 2 heterocycles. The summed E-state index contributed by atoms with van der Waals surface area (Å²) in [5.41, 5.74) is 1.29. The zero-order chi connectivity index (χ0) is 13.1. The number of halogens is 1. The molecule has 2 aliphatic rings. The highest BCUT2D eigenvalue weighted by Gasteiger charge is 2.27. The van der Waals surface area contributed by atoms with Gasteiger partial charge in [-0.3, -0.25) is 4.90 Å². The van der Waals surface area contributed by atoms with Crippen molar-refractivity contribution in [3.63, 3.8) is 0 Å². The van der Waals surface area contributed by atoms with Crippen molar-refractivity contribution in [2.45, 2.75) is 31.7 Å². The van der Waals surface area contributed by atoms with E-state index in [9.17, 15) is 4.39 Å². The number of hydrogen-bond acceptors (Lipinski definition) is 2. The summed E-state index contributed by atoms with van der Waals surface area (Å²) in [6.07, 6.45) is 5.11. The van der Waals surface area contributed by atoms with E-state index in [0.29, 0.717) is 0 Å². The molecule has 3 rings (SSSR count). The Bertz CT molecular complexity index is 392. The van der Waals surface area contributed by atoms with Crippen LogP contribution in [0, 0.1) is 11.7 Å². The highest BCUT2D eigenvalue weighted by Crippen LogP contribution is 2.28. The summed E-state index contributed by atoms with van der Waals surface area (Å²) < 4.78 is 12.9. The van der Waals surface area contributed by atoms with Gasteiger partial charge in [-0.25, -0.2) is 4.39 Å². The van der Waals surface area contributed by atoms with Gasteiger partial charge in [-0.05, 0) is 68.1 Å². The average Bonchev–Trinajstić information content (AvgIpc) is 2.96. The van der Waals surface area contributed by atoms with Crippen LogP contribution in [0.3, 0.4) is 0 Å². The van der Waals surface area contributed by atoms with Crippen LogP contribution in [-0.2, 0) is 6.42 Å². The SMILES string of the molecule is Fc1ccc(CC2CCN([C@@H]3CCSC3)CC2)cc1. The summed E-state index contributed by atoms with van der Waals surface area (Å²) in [6, 6.07) is 7.89. The lowest BCUT2D eigenvalue weighted by Gasteiger charge is -2.35. The minimum absolute atomic E-state index is 0.127. The van der Waals surface area contributed by atoms with Gasteiger partial charge in [0, 0.05) is 11.8 Å². The normalized spacial score (nSPS) is 25.8. The van der Waals surface area contributed by atoms with Crippen molar-refractivity contribution >= 4 is 11.8 Å². The van der Waals surface area contributed by atoms with Crippen molar-refractivity contribution in [1.29, 1.82) is 0 Å². The molecule has 2 fully saturated rings. The van der Waals surface area contributed by atoms with Gasteiger partial charge in [-0.2, -0.15) is 11.8 Å². The van der Waals surface area contributed by atoms with E-state index in [1.54, 1.807) is 12.1 Å². The molecule has 0 aromatic heterocycles. The van der Waals surface area contributed by atoms with Gasteiger partial charge in [-0.15, -0.1) is 0 Å². The molecule has 1 aromatic rings. The molecule has 1 nitrogen and oxygen atoms in total. The third-order valence-electron chi connectivity index (χ3n) is 4.51. The predicted octanol–water partition coefficient (Wildman–Crippen LogP) is 3.59. The Labute approximate surface area is 119 Å². The molecule has 0 aliphatic carbocycles. The van der Waals surface area contributed by atoms with E-state index in [-0.39, 0.29) is 5.82 Å². The Morgan fingerprint density at radius 2 is 1.84 bits per heavy atom. The molecule has 0 radical (unpaired) electrons. The van der Waals surface area contributed by atoms with Crippen LogP contribution in [0.15, 0.2) is 24.3 Å². The van der Waals surface area contributed by atoms with Crippen LogP contribution in [0.4, 0.5) is 4.39 Å². The van der Waals surface area contributed by atoms with Gasteiger partial charge in [0.05, 0.1) is 0 Å². The maximum absolute atomic E-state index is 12.9. The number of benzene rings is 1. The van der Waals surface area contributed by atoms with E-state index in [0.717, 1.165) is 18.4 Å². The zero-order valence-electron chi connectivity index (χ0n) is 11.4. The van der Waals surface area contributed by atoms with Crippen molar-refractivity contribution in [2.75, 3.05) is 24.6 Å². The second kappa shape index (κ2) is 6.27. The maximum atomic E-state index is 12.9. The van der Waals surface area contributed by atoms with E-state index in [1.807, 2.05) is 12.1 Å². The van der Waals surface area contributed by atoms with Crippen molar-refractivity contribution in [3.8, 4) is 0 Å². The number of rotatable bonds is 3. The van der Waals surface area contributed by atoms with Gasteiger partial charge in [-0.1, -0.05) is 12.1 Å². The number of thioether (sulfide) groups is 1. The molecule has 2 aliphatic heterocycles. The third-order valence-corrected chi connectivity index (χ3v) is 5.65. The summed E-state index contributed by atoms with van der Waals surface area (Å²) in [5, 5.41) is 0. The van der Waals surface area contributed by atoms with Gasteiger partial charge in [0.1, 0.15) is 5.82 Å². The molecular weight excluding hydrogens is 257 g/mol. The quantitative estimate of drug-likeness (QED) is 0.832. The van der Waals surface area contributed by atoms with Crippen LogP contribution in [0.25, 0.3) is 0 Å². The molecule has 1 aromatic carbocycles. The average molecular weight is 279 g/mol. The molecule has 2 saturated heterocycles. The lowest BCUT2D eigenvalue weighted by atomic mass is 9.89. The standard InChI is InChI=1S/C16H22FNS/c17-15-3-1-13(2-4-15)11-14-5-8-18(9-6-14)16-7-10-19-12-16/h1-4,14,16H,5-12H2/t16-/m1/s1. The van der Waals surface area contributed by atoms with Crippen LogP contribution < -0.4 is 0 Å². The van der Waals surface area contributed by atoms with Crippen molar-refractivity contribution < 1.29 is 4.39 Å². The molecule has 0 amide bonds. The predicted molar refractivity (Wildman–Crippen MR) is 80.1 cm³/mol. The summed E-state index contributed by atoms with van der Waals surface area (Å²) >= 11 is 2.10. The molecule has 3 heteroatoms. The van der Waals surface area contributed by atoms with Gasteiger partial charge in [0.2, 0.25) is 0 Å². The molecule has 104 valence electrons. The lowest BCUT2D eigenvalue weighted by molar-refractivity contribution is 0.143. The Kier molecular flexibility index (Phi) is 4.44. The van der Waals surface area contributed by atoms with Gasteiger partial charge in [0.15, 0.2) is 0 Å². The van der Waals surface area contributed by atoms with E-state index in [4.69, 9.17) is 0 Å². The van der Waals surface area contributed by atoms with Crippen molar-refractivity contribution in [2.24, 2.45) is 5.92 Å². The Morgan fingerprint density at radius 1 is 1.11 bits per heavy atom. The number of hydrogen-bond donors (Lipinski definition) is 0. The summed E-state index contributed by atoms with van der Waals surface area (Å²) in [7, 11) is 0. The molecule has 0 bridgehead atoms. The van der Waals surface area contributed by atoms with E-state index in [1.165, 1.54) is 49.4 Å². The van der Waals surface area contributed by atoms with Gasteiger partial charge in [0.25, 0.3) is 0 Å². The first-order valence-electron chi connectivity index (χ1n) is 7.37. The van der Waals surface area contributed by atoms with Crippen LogP contribution in [-0.4, -0.2) is 35.5 Å². The van der Waals surface area contributed by atoms with E-state index < -0.39 is 0 Å². The first kappa shape index (κ1) is 13.4. The summed E-state index contributed by atoms with van der Waals surface area (Å²) in [5.74, 6) is 3.34. The fraction of sp³-hybridized carbons (Fsp3) is 0.625. The number of piperidine rings is 1. The molecule has 0 N–H and O–H groups in total.